The molecule has 0 spiro atoms. The Morgan fingerprint density at radius 2 is 1.96 bits per heavy atom. The number of aromatic nitrogens is 2. The summed E-state index contributed by atoms with van der Waals surface area (Å²) in [6, 6.07) is 18.0. The van der Waals surface area contributed by atoms with Gasteiger partial charge in [-0.25, -0.2) is 4.98 Å². The summed E-state index contributed by atoms with van der Waals surface area (Å²) >= 11 is 5.87. The average Bonchev–Trinajstić information content (AvgIpc) is 3.13. The maximum absolute atomic E-state index is 12.5. The number of imidazole rings is 1. The smallest absolute Gasteiger partial charge is 0.255 e. The molecule has 0 bridgehead atoms. The van der Waals surface area contributed by atoms with Crippen LogP contribution in [-0.2, 0) is 6.61 Å². The number of hydrogen-bond acceptors (Lipinski definition) is 3. The van der Waals surface area contributed by atoms with Crippen molar-refractivity contribution in [2.24, 2.45) is 0 Å². The molecule has 6 heteroatoms. The Balaban J connectivity index is 1.44. The Morgan fingerprint density at radius 1 is 1.14 bits per heavy atom. The molecule has 0 aliphatic rings. The van der Waals surface area contributed by atoms with Gasteiger partial charge in [-0.2, -0.15) is 0 Å². The van der Waals surface area contributed by atoms with Crippen LogP contribution in [0.1, 0.15) is 21.6 Å². The lowest BCUT2D eigenvalue weighted by molar-refractivity contribution is 0.102. The molecule has 0 fully saturated rings. The number of benzene rings is 2. The second kappa shape index (κ2) is 7.74. The summed E-state index contributed by atoms with van der Waals surface area (Å²) in [5.41, 5.74) is 4.04. The van der Waals surface area contributed by atoms with Gasteiger partial charge in [-0.05, 0) is 61.0 Å². The lowest BCUT2D eigenvalue weighted by Gasteiger charge is -2.08. The van der Waals surface area contributed by atoms with E-state index in [-0.39, 0.29) is 5.91 Å². The maximum Gasteiger partial charge on any atom is 0.255 e. The van der Waals surface area contributed by atoms with Crippen LogP contribution < -0.4 is 10.1 Å². The normalized spacial score (nSPS) is 10.8. The van der Waals surface area contributed by atoms with Crippen molar-refractivity contribution < 1.29 is 9.53 Å². The van der Waals surface area contributed by atoms with Crippen LogP contribution in [-0.4, -0.2) is 15.3 Å². The van der Waals surface area contributed by atoms with E-state index in [0.29, 0.717) is 28.6 Å². The monoisotopic (exact) mass is 391 g/mol. The molecule has 2 aromatic heterocycles. The highest BCUT2D eigenvalue weighted by Crippen LogP contribution is 2.18. The Morgan fingerprint density at radius 3 is 2.75 bits per heavy atom. The highest BCUT2D eigenvalue weighted by molar-refractivity contribution is 6.30. The van der Waals surface area contributed by atoms with Crippen LogP contribution in [0.5, 0.6) is 5.75 Å². The number of anilines is 1. The molecule has 0 saturated carbocycles. The van der Waals surface area contributed by atoms with Crippen LogP contribution in [0.4, 0.5) is 5.69 Å². The van der Waals surface area contributed by atoms with Crippen molar-refractivity contribution >= 4 is 28.8 Å². The highest BCUT2D eigenvalue weighted by atomic mass is 35.5. The fourth-order valence-electron chi connectivity index (χ4n) is 2.89. The Bertz CT molecular complexity index is 1140. The Kier molecular flexibility index (Phi) is 5.00. The molecule has 0 unspecified atom stereocenters. The number of nitrogens with one attached hydrogen (secondary N) is 1. The van der Waals surface area contributed by atoms with Crippen LogP contribution >= 0.6 is 11.6 Å². The summed E-state index contributed by atoms with van der Waals surface area (Å²) in [6.45, 7) is 2.35. The molecule has 4 rings (SSSR count). The first-order valence-corrected chi connectivity index (χ1v) is 9.19. The summed E-state index contributed by atoms with van der Waals surface area (Å²) in [5.74, 6) is 0.397. The number of halogens is 1. The summed E-state index contributed by atoms with van der Waals surface area (Å²) in [5, 5.41) is 3.46. The minimum Gasteiger partial charge on any atom is -0.487 e. The van der Waals surface area contributed by atoms with Crippen LogP contribution in [0, 0.1) is 6.92 Å². The fourth-order valence-corrected chi connectivity index (χ4v) is 3.02. The van der Waals surface area contributed by atoms with Gasteiger partial charge < -0.3 is 14.5 Å². The van der Waals surface area contributed by atoms with E-state index in [0.717, 1.165) is 16.9 Å². The maximum atomic E-state index is 12.5. The molecule has 2 aromatic carbocycles. The number of nitrogens with zero attached hydrogens (tertiary/aromatic N) is 2. The second-order valence-electron chi connectivity index (χ2n) is 6.43. The molecule has 0 saturated heterocycles. The summed E-state index contributed by atoms with van der Waals surface area (Å²) in [4.78, 5) is 17.1. The third-order valence-electron chi connectivity index (χ3n) is 4.31. The predicted molar refractivity (Wildman–Crippen MR) is 110 cm³/mol. The number of pyridine rings is 1. The number of amides is 1. The van der Waals surface area contributed by atoms with Crippen molar-refractivity contribution in [1.82, 2.24) is 9.38 Å². The van der Waals surface area contributed by atoms with Gasteiger partial charge in [0.15, 0.2) is 0 Å². The first-order chi connectivity index (χ1) is 13.6. The molecular formula is C22H18ClN3O2. The minimum absolute atomic E-state index is 0.212. The van der Waals surface area contributed by atoms with Crippen molar-refractivity contribution in [3.63, 3.8) is 0 Å². The van der Waals surface area contributed by atoms with Gasteiger partial charge in [-0.15, -0.1) is 0 Å². The van der Waals surface area contributed by atoms with Crippen molar-refractivity contribution in [3.05, 3.63) is 94.9 Å². The first-order valence-electron chi connectivity index (χ1n) is 8.81. The number of ether oxygens (including phenoxy) is 1. The topological polar surface area (TPSA) is 55.6 Å². The summed E-state index contributed by atoms with van der Waals surface area (Å²) in [7, 11) is 0. The van der Waals surface area contributed by atoms with E-state index >= 15 is 0 Å². The number of carbonyl (C=O) groups excluding carboxylic acids is 1. The van der Waals surface area contributed by atoms with Gasteiger partial charge in [0.1, 0.15) is 18.0 Å². The number of aryl methyl sites for hydroxylation is 1. The number of carbonyl (C=O) groups is 1. The van der Waals surface area contributed by atoms with Gasteiger partial charge in [0, 0.05) is 28.7 Å². The van der Waals surface area contributed by atoms with Crippen LogP contribution in [0.3, 0.4) is 0 Å². The third-order valence-corrected chi connectivity index (χ3v) is 4.56. The van der Waals surface area contributed by atoms with E-state index in [1.54, 1.807) is 42.5 Å². The van der Waals surface area contributed by atoms with E-state index in [1.807, 2.05) is 41.9 Å². The fraction of sp³-hybridized carbons (Fsp3) is 0.0909. The standard InChI is InChI=1S/C22H18ClN3O2/c1-15-4-3-11-26-13-19(24-21(15)26)14-28-20-6-2-5-16(12-20)22(27)25-18-9-7-17(23)8-10-18/h2-13H,14H2,1H3,(H,25,27). The van der Waals surface area contributed by atoms with Gasteiger partial charge in [0.05, 0.1) is 5.69 Å². The first kappa shape index (κ1) is 18.1. The van der Waals surface area contributed by atoms with E-state index in [4.69, 9.17) is 16.3 Å². The molecule has 0 aliphatic carbocycles. The predicted octanol–water partition coefficient (Wildman–Crippen LogP) is 5.13. The molecule has 5 nitrogen and oxygen atoms in total. The number of hydrogen-bond donors (Lipinski definition) is 1. The lowest BCUT2D eigenvalue weighted by Crippen LogP contribution is -2.11. The Labute approximate surface area is 167 Å². The average molecular weight is 392 g/mol. The van der Waals surface area contributed by atoms with Gasteiger partial charge in [-0.3, -0.25) is 4.79 Å². The number of rotatable bonds is 5. The largest absolute Gasteiger partial charge is 0.487 e. The molecule has 0 radical (unpaired) electrons. The van der Waals surface area contributed by atoms with Crippen molar-refractivity contribution in [3.8, 4) is 5.75 Å². The molecule has 4 aromatic rings. The van der Waals surface area contributed by atoms with E-state index in [1.165, 1.54) is 0 Å². The van der Waals surface area contributed by atoms with E-state index in [2.05, 4.69) is 10.3 Å². The van der Waals surface area contributed by atoms with Crippen molar-refractivity contribution in [1.29, 1.82) is 0 Å². The number of fused-ring (bicyclic) bond motifs is 1. The summed E-state index contributed by atoms with van der Waals surface area (Å²) in [6.07, 6.45) is 3.90. The van der Waals surface area contributed by atoms with Crippen molar-refractivity contribution in [2.45, 2.75) is 13.5 Å². The molecule has 2 heterocycles. The zero-order valence-electron chi connectivity index (χ0n) is 15.2. The zero-order valence-corrected chi connectivity index (χ0v) is 16.0. The Hall–Kier alpha value is -3.31. The molecule has 140 valence electrons. The van der Waals surface area contributed by atoms with Crippen LogP contribution in [0.25, 0.3) is 5.65 Å². The lowest BCUT2D eigenvalue weighted by atomic mass is 10.2. The van der Waals surface area contributed by atoms with Gasteiger partial charge in [-0.1, -0.05) is 23.7 Å². The van der Waals surface area contributed by atoms with Crippen LogP contribution in [0.2, 0.25) is 5.02 Å². The molecule has 0 aliphatic heterocycles. The molecule has 1 amide bonds. The quantitative estimate of drug-likeness (QED) is 0.513. The molecule has 28 heavy (non-hydrogen) atoms. The second-order valence-corrected chi connectivity index (χ2v) is 6.87. The summed E-state index contributed by atoms with van der Waals surface area (Å²) < 4.78 is 7.82. The van der Waals surface area contributed by atoms with E-state index in [9.17, 15) is 4.79 Å². The van der Waals surface area contributed by atoms with Gasteiger partial charge in [0.2, 0.25) is 0 Å². The molecule has 1 N–H and O–H groups in total. The highest BCUT2D eigenvalue weighted by Gasteiger charge is 2.09. The van der Waals surface area contributed by atoms with Crippen molar-refractivity contribution in [2.75, 3.05) is 5.32 Å². The van der Waals surface area contributed by atoms with Gasteiger partial charge >= 0.3 is 0 Å². The zero-order chi connectivity index (χ0) is 19.5. The third kappa shape index (κ3) is 4.00. The molecule has 0 atom stereocenters. The SMILES string of the molecule is Cc1cccn2cc(COc3cccc(C(=O)Nc4ccc(Cl)cc4)c3)nc12. The molecular weight excluding hydrogens is 374 g/mol. The van der Waals surface area contributed by atoms with Crippen LogP contribution in [0.15, 0.2) is 73.1 Å². The van der Waals surface area contributed by atoms with Gasteiger partial charge in [0.25, 0.3) is 5.91 Å². The minimum atomic E-state index is -0.212. The van der Waals surface area contributed by atoms with E-state index < -0.39 is 0 Å².